The first-order chi connectivity index (χ1) is 15.0. The van der Waals surface area contributed by atoms with Crippen molar-refractivity contribution in [3.05, 3.63) is 69.9 Å². The third kappa shape index (κ3) is 7.14. The summed E-state index contributed by atoms with van der Waals surface area (Å²) in [7, 11) is 0. The highest BCUT2D eigenvalue weighted by Crippen LogP contribution is 2.16. The molecule has 162 valence electrons. The van der Waals surface area contributed by atoms with Gasteiger partial charge < -0.3 is 15.4 Å². The summed E-state index contributed by atoms with van der Waals surface area (Å²) in [5, 5.41) is 14.2. The van der Waals surface area contributed by atoms with Crippen molar-refractivity contribution in [3.8, 4) is 5.75 Å². The summed E-state index contributed by atoms with van der Waals surface area (Å²) in [4.78, 5) is 24.3. The summed E-state index contributed by atoms with van der Waals surface area (Å²) in [5.41, 5.74) is 1.35. The van der Waals surface area contributed by atoms with Crippen LogP contribution in [0, 0.1) is 5.82 Å². The van der Waals surface area contributed by atoms with Crippen LogP contribution in [0.2, 0.25) is 0 Å². The van der Waals surface area contributed by atoms with Crippen LogP contribution in [0.1, 0.15) is 40.1 Å². The molecule has 0 radical (unpaired) electrons. The summed E-state index contributed by atoms with van der Waals surface area (Å²) in [6.07, 6.45) is 1.48. The molecule has 0 aliphatic rings. The lowest BCUT2D eigenvalue weighted by Gasteiger charge is -2.07. The first kappa shape index (κ1) is 22.4. The van der Waals surface area contributed by atoms with Crippen molar-refractivity contribution in [3.63, 3.8) is 0 Å². The SMILES string of the molecule is CCOc1ccc(CNC(=O)CCCc2nnc(C(=O)Nc3cccc(F)c3)s2)cc1. The van der Waals surface area contributed by atoms with Crippen molar-refractivity contribution in [1.29, 1.82) is 0 Å². The van der Waals surface area contributed by atoms with E-state index in [1.54, 1.807) is 6.07 Å². The van der Waals surface area contributed by atoms with Crippen LogP contribution >= 0.6 is 11.3 Å². The Morgan fingerprint density at radius 3 is 2.68 bits per heavy atom. The number of aromatic nitrogens is 2. The van der Waals surface area contributed by atoms with Crippen molar-refractivity contribution < 1.29 is 18.7 Å². The molecule has 31 heavy (non-hydrogen) atoms. The van der Waals surface area contributed by atoms with E-state index in [0.717, 1.165) is 22.6 Å². The number of anilines is 1. The maximum Gasteiger partial charge on any atom is 0.286 e. The number of carbonyl (C=O) groups is 2. The summed E-state index contributed by atoms with van der Waals surface area (Å²) in [6.45, 7) is 3.00. The van der Waals surface area contributed by atoms with Crippen molar-refractivity contribution >= 4 is 28.8 Å². The summed E-state index contributed by atoms with van der Waals surface area (Å²) in [6, 6.07) is 13.2. The third-order valence-corrected chi connectivity index (χ3v) is 5.24. The molecule has 3 rings (SSSR count). The number of carbonyl (C=O) groups excluding carboxylic acids is 2. The molecule has 0 unspecified atom stereocenters. The van der Waals surface area contributed by atoms with E-state index in [0.29, 0.717) is 43.1 Å². The van der Waals surface area contributed by atoms with Crippen molar-refractivity contribution in [2.45, 2.75) is 32.7 Å². The quantitative estimate of drug-likeness (QED) is 0.496. The molecule has 2 amide bonds. The Labute approximate surface area is 183 Å². The zero-order chi connectivity index (χ0) is 22.1. The molecule has 0 spiro atoms. The highest BCUT2D eigenvalue weighted by molar-refractivity contribution is 7.13. The minimum Gasteiger partial charge on any atom is -0.494 e. The maximum atomic E-state index is 13.2. The number of benzene rings is 2. The van der Waals surface area contributed by atoms with Gasteiger partial charge >= 0.3 is 0 Å². The highest BCUT2D eigenvalue weighted by Gasteiger charge is 2.13. The minimum absolute atomic E-state index is 0.0533. The summed E-state index contributed by atoms with van der Waals surface area (Å²) >= 11 is 1.16. The van der Waals surface area contributed by atoms with E-state index in [2.05, 4.69) is 20.8 Å². The number of aryl methyl sites for hydroxylation is 1. The smallest absolute Gasteiger partial charge is 0.286 e. The van der Waals surface area contributed by atoms with Crippen molar-refractivity contribution in [2.75, 3.05) is 11.9 Å². The van der Waals surface area contributed by atoms with Crippen LogP contribution in [0.25, 0.3) is 0 Å². The highest BCUT2D eigenvalue weighted by atomic mass is 32.1. The van der Waals surface area contributed by atoms with Gasteiger partial charge in [-0.3, -0.25) is 9.59 Å². The van der Waals surface area contributed by atoms with Gasteiger partial charge in [0.2, 0.25) is 10.9 Å². The molecule has 0 aliphatic heterocycles. The van der Waals surface area contributed by atoms with Gasteiger partial charge in [0.25, 0.3) is 5.91 Å². The number of halogens is 1. The second-order valence-electron chi connectivity index (χ2n) is 6.67. The van der Waals surface area contributed by atoms with Gasteiger partial charge in [0.05, 0.1) is 6.61 Å². The van der Waals surface area contributed by atoms with Gasteiger partial charge in [-0.05, 0) is 49.2 Å². The Bertz CT molecular complexity index is 1020. The monoisotopic (exact) mass is 442 g/mol. The largest absolute Gasteiger partial charge is 0.494 e. The van der Waals surface area contributed by atoms with Crippen molar-refractivity contribution in [2.24, 2.45) is 0 Å². The maximum absolute atomic E-state index is 13.2. The number of ether oxygens (including phenoxy) is 1. The van der Waals surface area contributed by atoms with Crippen LogP contribution in [0.15, 0.2) is 48.5 Å². The van der Waals surface area contributed by atoms with Gasteiger partial charge in [-0.1, -0.05) is 29.5 Å². The Hall–Kier alpha value is -3.33. The average molecular weight is 443 g/mol. The van der Waals surface area contributed by atoms with Crippen LogP contribution in [0.3, 0.4) is 0 Å². The fourth-order valence-corrected chi connectivity index (χ4v) is 3.53. The number of amides is 2. The molecule has 2 aromatic carbocycles. The van der Waals surface area contributed by atoms with Crippen LogP contribution in [0.5, 0.6) is 5.75 Å². The first-order valence-corrected chi connectivity index (χ1v) is 10.7. The van der Waals surface area contributed by atoms with E-state index in [1.165, 1.54) is 18.2 Å². The van der Waals surface area contributed by atoms with Gasteiger partial charge in [-0.25, -0.2) is 4.39 Å². The van der Waals surface area contributed by atoms with Crippen LogP contribution < -0.4 is 15.4 Å². The molecular formula is C22H23FN4O3S. The summed E-state index contributed by atoms with van der Waals surface area (Å²) in [5.74, 6) is -0.125. The average Bonchev–Trinajstić information content (AvgIpc) is 3.23. The molecule has 0 saturated heterocycles. The number of nitrogens with zero attached hydrogens (tertiary/aromatic N) is 2. The number of nitrogens with one attached hydrogen (secondary N) is 2. The van der Waals surface area contributed by atoms with Gasteiger partial charge in [0.1, 0.15) is 16.6 Å². The Morgan fingerprint density at radius 1 is 1.13 bits per heavy atom. The van der Waals surface area contributed by atoms with Crippen LogP contribution in [0.4, 0.5) is 10.1 Å². The molecular weight excluding hydrogens is 419 g/mol. The molecule has 0 aliphatic carbocycles. The third-order valence-electron chi connectivity index (χ3n) is 4.26. The zero-order valence-corrected chi connectivity index (χ0v) is 17.9. The Kier molecular flexibility index (Phi) is 8.05. The molecule has 0 saturated carbocycles. The topological polar surface area (TPSA) is 93.2 Å². The number of hydrogen-bond donors (Lipinski definition) is 2. The molecule has 0 fully saturated rings. The number of rotatable bonds is 10. The van der Waals surface area contributed by atoms with Gasteiger partial charge in [0.15, 0.2) is 0 Å². The van der Waals surface area contributed by atoms with Gasteiger partial charge in [-0.2, -0.15) is 0 Å². The van der Waals surface area contributed by atoms with E-state index >= 15 is 0 Å². The predicted molar refractivity (Wildman–Crippen MR) is 117 cm³/mol. The molecule has 1 heterocycles. The van der Waals surface area contributed by atoms with E-state index in [4.69, 9.17) is 4.74 Å². The standard InChI is InChI=1S/C22H23FN4O3S/c1-2-30-18-11-9-15(10-12-18)14-24-19(28)7-4-8-20-26-27-22(31-20)21(29)25-17-6-3-5-16(23)13-17/h3,5-6,9-13H,2,4,7-8,14H2,1H3,(H,24,28)(H,25,29). The number of hydrogen-bond acceptors (Lipinski definition) is 6. The molecule has 2 N–H and O–H groups in total. The first-order valence-electron chi connectivity index (χ1n) is 9.91. The van der Waals surface area contributed by atoms with E-state index in [-0.39, 0.29) is 10.9 Å². The fourth-order valence-electron chi connectivity index (χ4n) is 2.76. The second kappa shape index (κ2) is 11.2. The van der Waals surface area contributed by atoms with E-state index in [1.807, 2.05) is 31.2 Å². The minimum atomic E-state index is -0.442. The molecule has 3 aromatic rings. The second-order valence-corrected chi connectivity index (χ2v) is 7.73. The molecule has 0 atom stereocenters. The van der Waals surface area contributed by atoms with E-state index in [9.17, 15) is 14.0 Å². The Morgan fingerprint density at radius 2 is 1.94 bits per heavy atom. The fraction of sp³-hybridized carbons (Fsp3) is 0.273. The van der Waals surface area contributed by atoms with Gasteiger partial charge in [0, 0.05) is 25.1 Å². The zero-order valence-electron chi connectivity index (χ0n) is 17.1. The predicted octanol–water partition coefficient (Wildman–Crippen LogP) is 3.97. The van der Waals surface area contributed by atoms with E-state index < -0.39 is 11.7 Å². The lowest BCUT2D eigenvalue weighted by Crippen LogP contribution is -2.22. The lowest BCUT2D eigenvalue weighted by molar-refractivity contribution is -0.121. The molecule has 9 heteroatoms. The van der Waals surface area contributed by atoms with Crippen LogP contribution in [-0.4, -0.2) is 28.6 Å². The normalized spacial score (nSPS) is 10.5. The molecule has 0 bridgehead atoms. The molecule has 1 aromatic heterocycles. The van der Waals surface area contributed by atoms with Gasteiger partial charge in [-0.15, -0.1) is 10.2 Å². The van der Waals surface area contributed by atoms with Crippen LogP contribution in [-0.2, 0) is 17.8 Å². The summed E-state index contributed by atoms with van der Waals surface area (Å²) < 4.78 is 18.6. The Balaban J connectivity index is 1.39. The molecule has 7 nitrogen and oxygen atoms in total. The van der Waals surface area contributed by atoms with Crippen molar-refractivity contribution in [1.82, 2.24) is 15.5 Å². The lowest BCUT2D eigenvalue weighted by atomic mass is 10.2.